The van der Waals surface area contributed by atoms with Crippen LogP contribution >= 0.6 is 0 Å². The van der Waals surface area contributed by atoms with Gasteiger partial charge in [-0.05, 0) is 18.4 Å². The van der Waals surface area contributed by atoms with Crippen LogP contribution < -0.4 is 0 Å². The van der Waals surface area contributed by atoms with Gasteiger partial charge in [0, 0.05) is 12.5 Å². The summed E-state index contributed by atoms with van der Waals surface area (Å²) in [4.78, 5) is 11.5. The second-order valence-corrected chi connectivity index (χ2v) is 4.05. The molecule has 3 nitrogen and oxygen atoms in total. The van der Waals surface area contributed by atoms with E-state index in [1.54, 1.807) is 0 Å². The van der Waals surface area contributed by atoms with Crippen molar-refractivity contribution in [1.82, 2.24) is 0 Å². The zero-order valence-electron chi connectivity index (χ0n) is 9.39. The average molecular weight is 220 g/mol. The topological polar surface area (TPSA) is 35.5 Å². The fourth-order valence-electron chi connectivity index (χ4n) is 2.14. The minimum atomic E-state index is -0.384. The van der Waals surface area contributed by atoms with E-state index in [1.807, 2.05) is 18.2 Å². The van der Waals surface area contributed by atoms with Crippen molar-refractivity contribution in [3.8, 4) is 0 Å². The molecule has 1 aliphatic rings. The summed E-state index contributed by atoms with van der Waals surface area (Å²) in [5, 5.41) is 0. The number of benzene rings is 1. The van der Waals surface area contributed by atoms with E-state index in [1.165, 1.54) is 12.7 Å². The maximum atomic E-state index is 11.5. The zero-order chi connectivity index (χ0) is 11.4. The van der Waals surface area contributed by atoms with Crippen molar-refractivity contribution in [2.75, 3.05) is 13.7 Å². The molecule has 0 aliphatic carbocycles. The van der Waals surface area contributed by atoms with E-state index >= 15 is 0 Å². The van der Waals surface area contributed by atoms with Crippen LogP contribution in [-0.2, 0) is 20.7 Å². The Morgan fingerprint density at radius 2 is 2.19 bits per heavy atom. The van der Waals surface area contributed by atoms with Crippen LogP contribution in [0, 0.1) is 5.92 Å². The summed E-state index contributed by atoms with van der Waals surface area (Å²) in [6.07, 6.45) is 1.42. The largest absolute Gasteiger partial charge is 0.467 e. The van der Waals surface area contributed by atoms with E-state index in [-0.39, 0.29) is 18.0 Å². The Balaban J connectivity index is 2.01. The minimum Gasteiger partial charge on any atom is -0.467 e. The van der Waals surface area contributed by atoms with Crippen LogP contribution in [0.4, 0.5) is 0 Å². The number of esters is 1. The lowest BCUT2D eigenvalue weighted by atomic mass is 9.93. The van der Waals surface area contributed by atoms with Gasteiger partial charge in [-0.25, -0.2) is 4.79 Å². The van der Waals surface area contributed by atoms with Crippen molar-refractivity contribution in [3.63, 3.8) is 0 Å². The Bertz CT molecular complexity index is 347. The van der Waals surface area contributed by atoms with Gasteiger partial charge in [-0.2, -0.15) is 0 Å². The molecule has 86 valence electrons. The van der Waals surface area contributed by atoms with Gasteiger partial charge in [0.05, 0.1) is 7.11 Å². The van der Waals surface area contributed by atoms with Crippen LogP contribution in [0.25, 0.3) is 0 Å². The molecule has 1 aromatic carbocycles. The maximum absolute atomic E-state index is 11.5. The Kier molecular flexibility index (Phi) is 3.57. The lowest BCUT2D eigenvalue weighted by Crippen LogP contribution is -2.29. The molecule has 0 spiro atoms. The number of ether oxygens (including phenoxy) is 2. The molecule has 2 atom stereocenters. The molecule has 0 radical (unpaired) electrons. The van der Waals surface area contributed by atoms with E-state index in [4.69, 9.17) is 9.47 Å². The fourth-order valence-corrected chi connectivity index (χ4v) is 2.14. The maximum Gasteiger partial charge on any atom is 0.335 e. The zero-order valence-corrected chi connectivity index (χ0v) is 9.39. The van der Waals surface area contributed by atoms with Crippen molar-refractivity contribution >= 4 is 5.97 Å². The van der Waals surface area contributed by atoms with Crippen LogP contribution in [-0.4, -0.2) is 25.8 Å². The third-order valence-electron chi connectivity index (χ3n) is 2.99. The molecule has 1 aliphatic heterocycles. The summed E-state index contributed by atoms with van der Waals surface area (Å²) in [6, 6.07) is 10.2. The second kappa shape index (κ2) is 5.12. The van der Waals surface area contributed by atoms with Gasteiger partial charge in [-0.15, -0.1) is 0 Å². The van der Waals surface area contributed by atoms with E-state index in [9.17, 15) is 4.79 Å². The van der Waals surface area contributed by atoms with Gasteiger partial charge in [-0.1, -0.05) is 30.3 Å². The van der Waals surface area contributed by atoms with E-state index in [2.05, 4.69) is 12.1 Å². The predicted molar refractivity (Wildman–Crippen MR) is 60.0 cm³/mol. The first-order valence-corrected chi connectivity index (χ1v) is 5.54. The Hall–Kier alpha value is -1.35. The first-order valence-electron chi connectivity index (χ1n) is 5.54. The van der Waals surface area contributed by atoms with Gasteiger partial charge in [-0.3, -0.25) is 0 Å². The van der Waals surface area contributed by atoms with Gasteiger partial charge in [0.25, 0.3) is 0 Å². The van der Waals surface area contributed by atoms with Crippen LogP contribution in [0.2, 0.25) is 0 Å². The first kappa shape index (κ1) is 11.1. The molecule has 0 amide bonds. The summed E-state index contributed by atoms with van der Waals surface area (Å²) in [5.74, 6) is -0.00622. The lowest BCUT2D eigenvalue weighted by Gasteiger charge is -2.15. The monoisotopic (exact) mass is 220 g/mol. The third-order valence-corrected chi connectivity index (χ3v) is 2.99. The van der Waals surface area contributed by atoms with Crippen molar-refractivity contribution in [2.24, 2.45) is 5.92 Å². The van der Waals surface area contributed by atoms with E-state index in [0.717, 1.165) is 12.8 Å². The molecule has 1 heterocycles. The Labute approximate surface area is 95.4 Å². The number of methoxy groups -OCH3 is 1. The summed E-state index contributed by atoms with van der Waals surface area (Å²) in [5.41, 5.74) is 1.24. The number of hydrogen-bond donors (Lipinski definition) is 0. The summed E-state index contributed by atoms with van der Waals surface area (Å²) in [7, 11) is 1.41. The predicted octanol–water partition coefficient (Wildman–Crippen LogP) is 1.81. The van der Waals surface area contributed by atoms with Crippen LogP contribution in [0.3, 0.4) is 0 Å². The molecule has 0 aromatic heterocycles. The number of rotatable bonds is 3. The fraction of sp³-hybridized carbons (Fsp3) is 0.462. The highest BCUT2D eigenvalue weighted by Crippen LogP contribution is 2.25. The standard InChI is InChI=1S/C13H16O3/c1-15-13(14)12-11(7-8-16-12)9-10-5-3-2-4-6-10/h2-6,11-12H,7-9H2,1H3/t11-,12+/m0/s1. The van der Waals surface area contributed by atoms with Crippen LogP contribution in [0.5, 0.6) is 0 Å². The smallest absolute Gasteiger partial charge is 0.335 e. The molecule has 16 heavy (non-hydrogen) atoms. The highest BCUT2D eigenvalue weighted by molar-refractivity contribution is 5.75. The Morgan fingerprint density at radius 3 is 2.88 bits per heavy atom. The number of carbonyl (C=O) groups is 1. The molecule has 3 heteroatoms. The molecule has 0 saturated carbocycles. The second-order valence-electron chi connectivity index (χ2n) is 4.05. The van der Waals surface area contributed by atoms with Gasteiger partial charge in [0.1, 0.15) is 0 Å². The highest BCUT2D eigenvalue weighted by Gasteiger charge is 2.34. The molecule has 0 bridgehead atoms. The quantitative estimate of drug-likeness (QED) is 0.729. The van der Waals surface area contributed by atoms with Gasteiger partial charge >= 0.3 is 5.97 Å². The summed E-state index contributed by atoms with van der Waals surface area (Å²) in [6.45, 7) is 0.650. The minimum absolute atomic E-state index is 0.245. The summed E-state index contributed by atoms with van der Waals surface area (Å²) < 4.78 is 10.2. The molecule has 2 rings (SSSR count). The first-order chi connectivity index (χ1) is 7.81. The molecule has 1 saturated heterocycles. The molecular formula is C13H16O3. The summed E-state index contributed by atoms with van der Waals surface area (Å²) >= 11 is 0. The van der Waals surface area contributed by atoms with Crippen LogP contribution in [0.1, 0.15) is 12.0 Å². The lowest BCUT2D eigenvalue weighted by molar-refractivity contribution is -0.152. The van der Waals surface area contributed by atoms with Crippen molar-refractivity contribution < 1.29 is 14.3 Å². The molecule has 1 fully saturated rings. The van der Waals surface area contributed by atoms with Gasteiger partial charge < -0.3 is 9.47 Å². The van der Waals surface area contributed by atoms with Crippen molar-refractivity contribution in [3.05, 3.63) is 35.9 Å². The SMILES string of the molecule is COC(=O)[C@@H]1OCC[C@H]1Cc1ccccc1. The normalized spacial score (nSPS) is 24.3. The van der Waals surface area contributed by atoms with Crippen LogP contribution in [0.15, 0.2) is 30.3 Å². The van der Waals surface area contributed by atoms with Crippen molar-refractivity contribution in [1.29, 1.82) is 0 Å². The van der Waals surface area contributed by atoms with Gasteiger partial charge in [0.2, 0.25) is 0 Å². The molecule has 1 aromatic rings. The van der Waals surface area contributed by atoms with Crippen molar-refractivity contribution in [2.45, 2.75) is 18.9 Å². The number of hydrogen-bond acceptors (Lipinski definition) is 3. The van der Waals surface area contributed by atoms with Gasteiger partial charge in [0.15, 0.2) is 6.10 Å². The Morgan fingerprint density at radius 1 is 1.44 bits per heavy atom. The molecular weight excluding hydrogens is 204 g/mol. The molecule has 0 unspecified atom stereocenters. The number of carbonyl (C=O) groups excluding carboxylic acids is 1. The van der Waals surface area contributed by atoms with E-state index in [0.29, 0.717) is 6.61 Å². The van der Waals surface area contributed by atoms with E-state index < -0.39 is 0 Å². The highest BCUT2D eigenvalue weighted by atomic mass is 16.6. The third kappa shape index (κ3) is 2.42. The molecule has 0 N–H and O–H groups in total. The average Bonchev–Trinajstić information content (AvgIpc) is 2.77.